The van der Waals surface area contributed by atoms with Crippen molar-refractivity contribution < 1.29 is 0 Å². The lowest BCUT2D eigenvalue weighted by Crippen LogP contribution is -2.28. The highest BCUT2D eigenvalue weighted by Crippen LogP contribution is 2.19. The molecule has 0 spiro atoms. The standard InChI is InChI=1S/C13H23N3/c1-5-10(3)9-16(6-2)13-7-12(14)11(4)8-15-13/h7-8,10H,5-6,9H2,1-4H3,(H2,14,15). The van der Waals surface area contributed by atoms with E-state index in [2.05, 4.69) is 30.7 Å². The van der Waals surface area contributed by atoms with E-state index in [1.807, 2.05) is 19.2 Å². The maximum atomic E-state index is 5.91. The number of anilines is 2. The van der Waals surface area contributed by atoms with E-state index in [9.17, 15) is 0 Å². The summed E-state index contributed by atoms with van der Waals surface area (Å²) in [6, 6.07) is 1.97. The number of nitrogens with two attached hydrogens (primary N) is 1. The Hall–Kier alpha value is -1.25. The maximum Gasteiger partial charge on any atom is 0.130 e. The van der Waals surface area contributed by atoms with Gasteiger partial charge in [-0.25, -0.2) is 4.98 Å². The van der Waals surface area contributed by atoms with E-state index in [0.717, 1.165) is 30.2 Å². The quantitative estimate of drug-likeness (QED) is 0.831. The number of nitrogens with zero attached hydrogens (tertiary/aromatic N) is 2. The van der Waals surface area contributed by atoms with Gasteiger partial charge in [-0.15, -0.1) is 0 Å². The van der Waals surface area contributed by atoms with Gasteiger partial charge in [0.05, 0.1) is 0 Å². The van der Waals surface area contributed by atoms with E-state index >= 15 is 0 Å². The van der Waals surface area contributed by atoms with Crippen molar-refractivity contribution in [1.29, 1.82) is 0 Å². The van der Waals surface area contributed by atoms with Crippen LogP contribution in [0.4, 0.5) is 11.5 Å². The fraction of sp³-hybridized carbons (Fsp3) is 0.615. The van der Waals surface area contributed by atoms with E-state index < -0.39 is 0 Å². The van der Waals surface area contributed by atoms with E-state index in [0.29, 0.717) is 5.92 Å². The Labute approximate surface area is 98.7 Å². The van der Waals surface area contributed by atoms with E-state index in [4.69, 9.17) is 5.73 Å². The van der Waals surface area contributed by atoms with Crippen LogP contribution in [0, 0.1) is 12.8 Å². The fourth-order valence-corrected chi connectivity index (χ4v) is 1.59. The second-order valence-corrected chi connectivity index (χ2v) is 4.45. The number of nitrogen functional groups attached to an aromatic ring is 1. The lowest BCUT2D eigenvalue weighted by molar-refractivity contribution is 0.545. The first-order valence-corrected chi connectivity index (χ1v) is 6.05. The molecule has 0 amide bonds. The topological polar surface area (TPSA) is 42.1 Å². The van der Waals surface area contributed by atoms with Gasteiger partial charge < -0.3 is 10.6 Å². The van der Waals surface area contributed by atoms with Gasteiger partial charge in [0.25, 0.3) is 0 Å². The minimum atomic E-state index is 0.685. The number of hydrogen-bond donors (Lipinski definition) is 1. The van der Waals surface area contributed by atoms with Crippen LogP contribution in [0.1, 0.15) is 32.8 Å². The summed E-state index contributed by atoms with van der Waals surface area (Å²) in [5, 5.41) is 0. The molecule has 90 valence electrons. The van der Waals surface area contributed by atoms with Crippen molar-refractivity contribution in [3.63, 3.8) is 0 Å². The third-order valence-electron chi connectivity index (χ3n) is 3.07. The number of rotatable bonds is 5. The molecule has 1 rings (SSSR count). The van der Waals surface area contributed by atoms with Crippen molar-refractivity contribution in [2.24, 2.45) is 5.92 Å². The van der Waals surface area contributed by atoms with Gasteiger partial charge >= 0.3 is 0 Å². The molecule has 3 heteroatoms. The number of pyridine rings is 1. The van der Waals surface area contributed by atoms with Gasteiger partial charge in [0.15, 0.2) is 0 Å². The second kappa shape index (κ2) is 5.73. The first kappa shape index (κ1) is 12.8. The van der Waals surface area contributed by atoms with Crippen molar-refractivity contribution in [1.82, 2.24) is 4.98 Å². The van der Waals surface area contributed by atoms with Crippen molar-refractivity contribution in [3.05, 3.63) is 17.8 Å². The summed E-state index contributed by atoms with van der Waals surface area (Å²) in [5.41, 5.74) is 7.78. The molecule has 0 fully saturated rings. The average Bonchev–Trinajstić information content (AvgIpc) is 2.29. The van der Waals surface area contributed by atoms with Crippen LogP contribution < -0.4 is 10.6 Å². The SMILES string of the molecule is CCC(C)CN(CC)c1cc(N)c(C)cn1. The highest BCUT2D eigenvalue weighted by Gasteiger charge is 2.10. The Morgan fingerprint density at radius 2 is 2.12 bits per heavy atom. The summed E-state index contributed by atoms with van der Waals surface area (Å²) in [6.45, 7) is 10.6. The molecule has 0 bridgehead atoms. The molecule has 0 saturated carbocycles. The van der Waals surface area contributed by atoms with Gasteiger partial charge in [0.2, 0.25) is 0 Å². The van der Waals surface area contributed by atoms with Crippen LogP contribution in [0.25, 0.3) is 0 Å². The Kier molecular flexibility index (Phi) is 4.59. The zero-order valence-electron chi connectivity index (χ0n) is 10.8. The van der Waals surface area contributed by atoms with Crippen molar-refractivity contribution in [2.75, 3.05) is 23.7 Å². The third kappa shape index (κ3) is 3.12. The average molecular weight is 221 g/mol. The molecule has 1 heterocycles. The molecule has 1 aromatic rings. The number of hydrogen-bond acceptors (Lipinski definition) is 3. The maximum absolute atomic E-state index is 5.91. The molecule has 0 aromatic carbocycles. The number of aromatic nitrogens is 1. The van der Waals surface area contributed by atoms with Crippen LogP contribution in [-0.2, 0) is 0 Å². The molecule has 0 aliphatic heterocycles. The van der Waals surface area contributed by atoms with Gasteiger partial charge in [-0.3, -0.25) is 0 Å². The second-order valence-electron chi connectivity index (χ2n) is 4.45. The lowest BCUT2D eigenvalue weighted by atomic mass is 10.1. The lowest BCUT2D eigenvalue weighted by Gasteiger charge is -2.25. The molecular weight excluding hydrogens is 198 g/mol. The highest BCUT2D eigenvalue weighted by molar-refractivity contribution is 5.54. The zero-order chi connectivity index (χ0) is 12.1. The third-order valence-corrected chi connectivity index (χ3v) is 3.07. The molecule has 1 unspecified atom stereocenters. The molecule has 1 atom stereocenters. The monoisotopic (exact) mass is 221 g/mol. The van der Waals surface area contributed by atoms with Crippen LogP contribution in [0.15, 0.2) is 12.3 Å². The van der Waals surface area contributed by atoms with Crippen molar-refractivity contribution >= 4 is 11.5 Å². The molecule has 0 aliphatic carbocycles. The molecular formula is C13H23N3. The van der Waals surface area contributed by atoms with Gasteiger partial charge in [-0.2, -0.15) is 0 Å². The molecule has 0 saturated heterocycles. The fourth-order valence-electron chi connectivity index (χ4n) is 1.59. The highest BCUT2D eigenvalue weighted by atomic mass is 15.2. The van der Waals surface area contributed by atoms with Crippen molar-refractivity contribution in [2.45, 2.75) is 34.1 Å². The zero-order valence-corrected chi connectivity index (χ0v) is 10.8. The van der Waals surface area contributed by atoms with Crippen molar-refractivity contribution in [3.8, 4) is 0 Å². The summed E-state index contributed by atoms with van der Waals surface area (Å²) in [7, 11) is 0. The largest absolute Gasteiger partial charge is 0.398 e. The van der Waals surface area contributed by atoms with Crippen LogP contribution in [0.5, 0.6) is 0 Å². The van der Waals surface area contributed by atoms with E-state index in [1.165, 1.54) is 6.42 Å². The minimum Gasteiger partial charge on any atom is -0.398 e. The Morgan fingerprint density at radius 1 is 1.44 bits per heavy atom. The molecule has 3 nitrogen and oxygen atoms in total. The number of aryl methyl sites for hydroxylation is 1. The van der Waals surface area contributed by atoms with E-state index in [-0.39, 0.29) is 0 Å². The van der Waals surface area contributed by atoms with Crippen LogP contribution in [-0.4, -0.2) is 18.1 Å². The predicted octanol–water partition coefficient (Wildman–Crippen LogP) is 2.84. The molecule has 1 aromatic heterocycles. The summed E-state index contributed by atoms with van der Waals surface area (Å²) in [4.78, 5) is 6.73. The first-order chi connectivity index (χ1) is 7.58. The Morgan fingerprint density at radius 3 is 2.62 bits per heavy atom. The normalized spacial score (nSPS) is 12.5. The van der Waals surface area contributed by atoms with E-state index in [1.54, 1.807) is 0 Å². The van der Waals surface area contributed by atoms with Crippen LogP contribution in [0.3, 0.4) is 0 Å². The molecule has 2 N–H and O–H groups in total. The Balaban J connectivity index is 2.82. The summed E-state index contributed by atoms with van der Waals surface area (Å²) in [6.07, 6.45) is 3.04. The molecule has 0 aliphatic rings. The first-order valence-electron chi connectivity index (χ1n) is 6.05. The van der Waals surface area contributed by atoms with Gasteiger partial charge in [-0.1, -0.05) is 20.3 Å². The van der Waals surface area contributed by atoms with Crippen LogP contribution >= 0.6 is 0 Å². The van der Waals surface area contributed by atoms with Crippen LogP contribution in [0.2, 0.25) is 0 Å². The molecule has 16 heavy (non-hydrogen) atoms. The van der Waals surface area contributed by atoms with Gasteiger partial charge in [-0.05, 0) is 25.3 Å². The van der Waals surface area contributed by atoms with Gasteiger partial charge in [0.1, 0.15) is 5.82 Å². The smallest absolute Gasteiger partial charge is 0.130 e. The summed E-state index contributed by atoms with van der Waals surface area (Å²) >= 11 is 0. The minimum absolute atomic E-state index is 0.685. The Bertz CT molecular complexity index is 336. The summed E-state index contributed by atoms with van der Waals surface area (Å²) in [5.74, 6) is 1.68. The summed E-state index contributed by atoms with van der Waals surface area (Å²) < 4.78 is 0. The molecule has 0 radical (unpaired) electrons. The van der Waals surface area contributed by atoms with Gasteiger partial charge in [0, 0.05) is 31.0 Å². The predicted molar refractivity (Wildman–Crippen MR) is 70.7 cm³/mol.